The van der Waals surface area contributed by atoms with Gasteiger partial charge in [-0.1, -0.05) is 0 Å². The highest BCUT2D eigenvalue weighted by molar-refractivity contribution is 7.20. The minimum atomic E-state index is -0.316. The van der Waals surface area contributed by atoms with E-state index in [2.05, 4.69) is 9.88 Å². The molecule has 2 aromatic rings. The lowest BCUT2D eigenvalue weighted by Gasteiger charge is -2.34. The van der Waals surface area contributed by atoms with Crippen molar-refractivity contribution in [3.63, 3.8) is 0 Å². The maximum Gasteiger partial charge on any atom is 0.409 e. The molecule has 0 aromatic carbocycles. The second-order valence-corrected chi connectivity index (χ2v) is 8.41. The molecular weight excluding hydrogens is 406 g/mol. The zero-order valence-electron chi connectivity index (χ0n) is 17.6. The number of amides is 2. The number of hydrogen-bond acceptors (Lipinski definition) is 8. The van der Waals surface area contributed by atoms with E-state index in [9.17, 15) is 9.59 Å². The topological polar surface area (TPSA) is 88.1 Å². The molecule has 0 radical (unpaired) electrons. The lowest BCUT2D eigenvalue weighted by molar-refractivity contribution is 0.0574. The predicted octanol–water partition coefficient (Wildman–Crippen LogP) is 2.06. The summed E-state index contributed by atoms with van der Waals surface area (Å²) in [6.07, 6.45) is -0.316. The average Bonchev–Trinajstić information content (AvgIpc) is 3.09. The van der Waals surface area contributed by atoms with Gasteiger partial charge >= 0.3 is 6.09 Å². The molecule has 0 bridgehead atoms. The van der Waals surface area contributed by atoms with Gasteiger partial charge in [0, 0.05) is 39.3 Å². The second-order valence-electron chi connectivity index (χ2n) is 7.41. The van der Waals surface area contributed by atoms with Crippen molar-refractivity contribution in [1.82, 2.24) is 19.8 Å². The number of carbonyl (C=O) groups excluding carboxylic acids is 2. The van der Waals surface area contributed by atoms with Crippen molar-refractivity contribution in [3.05, 3.63) is 16.3 Å². The van der Waals surface area contributed by atoms with Crippen LogP contribution in [0.4, 0.5) is 10.6 Å². The van der Waals surface area contributed by atoms with Gasteiger partial charge in [0.1, 0.15) is 16.5 Å². The maximum atomic E-state index is 13.3. The van der Waals surface area contributed by atoms with Crippen LogP contribution in [0, 0.1) is 13.8 Å². The van der Waals surface area contributed by atoms with Crippen molar-refractivity contribution < 1.29 is 19.1 Å². The normalized spacial score (nSPS) is 17.5. The van der Waals surface area contributed by atoms with Crippen molar-refractivity contribution in [1.29, 1.82) is 0 Å². The molecule has 4 heterocycles. The molecule has 10 heteroatoms. The van der Waals surface area contributed by atoms with Crippen LogP contribution >= 0.6 is 11.3 Å². The minimum absolute atomic E-state index is 0.00964. The summed E-state index contributed by atoms with van der Waals surface area (Å²) in [5.41, 5.74) is 0.925. The van der Waals surface area contributed by atoms with Crippen LogP contribution in [0.1, 0.15) is 28.0 Å². The number of morpholine rings is 1. The van der Waals surface area contributed by atoms with E-state index in [0.717, 1.165) is 34.7 Å². The molecule has 162 valence electrons. The van der Waals surface area contributed by atoms with Gasteiger partial charge in [0.2, 0.25) is 0 Å². The second kappa shape index (κ2) is 8.73. The molecule has 2 aliphatic heterocycles. The summed E-state index contributed by atoms with van der Waals surface area (Å²) in [5, 5.41) is 0.959. The van der Waals surface area contributed by atoms with Gasteiger partial charge in [0.25, 0.3) is 5.91 Å². The van der Waals surface area contributed by atoms with Crippen molar-refractivity contribution >= 4 is 39.4 Å². The fourth-order valence-corrected chi connectivity index (χ4v) is 5.07. The van der Waals surface area contributed by atoms with Gasteiger partial charge in [-0.3, -0.25) is 4.79 Å². The van der Waals surface area contributed by atoms with E-state index in [1.165, 1.54) is 11.3 Å². The molecule has 9 nitrogen and oxygen atoms in total. The standard InChI is InChI=1S/C20H27N5O4S/c1-4-29-20(27)25-7-5-24(6-8-25)19(26)16-13(2)15-17(23-9-11-28-12-10-23)21-14(3)22-18(15)30-16/h4-12H2,1-3H3. The summed E-state index contributed by atoms with van der Waals surface area (Å²) < 4.78 is 10.5. The smallest absolute Gasteiger partial charge is 0.409 e. The molecular formula is C20H27N5O4S. The first-order chi connectivity index (χ1) is 14.5. The Labute approximate surface area is 179 Å². The third kappa shape index (κ3) is 3.93. The number of aryl methyl sites for hydroxylation is 2. The number of hydrogen-bond donors (Lipinski definition) is 0. The Morgan fingerprint density at radius 3 is 2.37 bits per heavy atom. The fraction of sp³-hybridized carbons (Fsp3) is 0.600. The summed E-state index contributed by atoms with van der Waals surface area (Å²) >= 11 is 1.43. The number of piperazine rings is 1. The highest BCUT2D eigenvalue weighted by Gasteiger charge is 2.29. The molecule has 0 spiro atoms. The number of carbonyl (C=O) groups is 2. The number of aromatic nitrogens is 2. The highest BCUT2D eigenvalue weighted by atomic mass is 32.1. The van der Waals surface area contributed by atoms with Crippen LogP contribution in [0.5, 0.6) is 0 Å². The summed E-state index contributed by atoms with van der Waals surface area (Å²) in [5.74, 6) is 1.58. The van der Waals surface area contributed by atoms with Gasteiger partial charge in [0.15, 0.2) is 0 Å². The van der Waals surface area contributed by atoms with Crippen molar-refractivity contribution in [2.45, 2.75) is 20.8 Å². The largest absolute Gasteiger partial charge is 0.450 e. The number of anilines is 1. The Hall–Kier alpha value is -2.46. The van der Waals surface area contributed by atoms with Crippen molar-refractivity contribution in [2.75, 3.05) is 64.0 Å². The molecule has 0 N–H and O–H groups in total. The van der Waals surface area contributed by atoms with Crippen LogP contribution in [-0.2, 0) is 9.47 Å². The Morgan fingerprint density at radius 2 is 1.70 bits per heavy atom. The van der Waals surface area contributed by atoms with Crippen LogP contribution in [0.25, 0.3) is 10.2 Å². The van der Waals surface area contributed by atoms with Gasteiger partial charge in [-0.2, -0.15) is 0 Å². The van der Waals surface area contributed by atoms with Crippen LogP contribution in [0.2, 0.25) is 0 Å². The van der Waals surface area contributed by atoms with Gasteiger partial charge in [-0.15, -0.1) is 11.3 Å². The first-order valence-electron chi connectivity index (χ1n) is 10.3. The lowest BCUT2D eigenvalue weighted by atomic mass is 10.1. The highest BCUT2D eigenvalue weighted by Crippen LogP contribution is 2.36. The molecule has 0 saturated carbocycles. The third-order valence-electron chi connectivity index (χ3n) is 5.48. The monoisotopic (exact) mass is 433 g/mol. The fourth-order valence-electron chi connectivity index (χ4n) is 3.88. The molecule has 2 aromatic heterocycles. The molecule has 0 aliphatic carbocycles. The minimum Gasteiger partial charge on any atom is -0.450 e. The van der Waals surface area contributed by atoms with E-state index in [4.69, 9.17) is 14.5 Å². The van der Waals surface area contributed by atoms with E-state index in [1.807, 2.05) is 18.7 Å². The lowest BCUT2D eigenvalue weighted by Crippen LogP contribution is -2.50. The molecule has 0 atom stereocenters. The van der Waals surface area contributed by atoms with Crippen LogP contribution in [-0.4, -0.2) is 90.9 Å². The van der Waals surface area contributed by atoms with Crippen molar-refractivity contribution in [3.8, 4) is 0 Å². The SMILES string of the molecule is CCOC(=O)N1CCN(C(=O)c2sc3nc(C)nc(N4CCOCC4)c3c2C)CC1. The summed E-state index contributed by atoms with van der Waals surface area (Å²) in [6, 6.07) is 0. The average molecular weight is 434 g/mol. The first-order valence-corrected chi connectivity index (χ1v) is 11.1. The van der Waals surface area contributed by atoms with E-state index >= 15 is 0 Å². The summed E-state index contributed by atoms with van der Waals surface area (Å²) in [7, 11) is 0. The van der Waals surface area contributed by atoms with E-state index < -0.39 is 0 Å². The Bertz CT molecular complexity index is 948. The van der Waals surface area contributed by atoms with Gasteiger partial charge in [-0.25, -0.2) is 14.8 Å². The number of thiophene rings is 1. The van der Waals surface area contributed by atoms with Crippen LogP contribution in [0.15, 0.2) is 0 Å². The number of ether oxygens (including phenoxy) is 2. The molecule has 30 heavy (non-hydrogen) atoms. The molecule has 2 fully saturated rings. The Morgan fingerprint density at radius 1 is 1.03 bits per heavy atom. The van der Waals surface area contributed by atoms with Gasteiger partial charge < -0.3 is 24.2 Å². The molecule has 2 aliphatic rings. The maximum absolute atomic E-state index is 13.3. The molecule has 2 saturated heterocycles. The zero-order valence-corrected chi connectivity index (χ0v) is 18.5. The quantitative estimate of drug-likeness (QED) is 0.732. The zero-order chi connectivity index (χ0) is 21.3. The third-order valence-corrected chi connectivity index (χ3v) is 6.65. The van der Waals surface area contributed by atoms with Crippen molar-refractivity contribution in [2.24, 2.45) is 0 Å². The van der Waals surface area contributed by atoms with Crippen LogP contribution < -0.4 is 4.90 Å². The molecule has 0 unspecified atom stereocenters. The van der Waals surface area contributed by atoms with E-state index in [1.54, 1.807) is 11.8 Å². The number of fused-ring (bicyclic) bond motifs is 1. The molecule has 4 rings (SSSR count). The number of rotatable bonds is 3. The van der Waals surface area contributed by atoms with Crippen LogP contribution in [0.3, 0.4) is 0 Å². The Kier molecular flexibility index (Phi) is 6.05. The van der Waals surface area contributed by atoms with Gasteiger partial charge in [-0.05, 0) is 26.3 Å². The van der Waals surface area contributed by atoms with Gasteiger partial charge in [0.05, 0.1) is 30.1 Å². The Balaban J connectivity index is 1.58. The number of nitrogens with zero attached hydrogens (tertiary/aromatic N) is 5. The van der Waals surface area contributed by atoms with E-state index in [-0.39, 0.29) is 12.0 Å². The predicted molar refractivity (Wildman–Crippen MR) is 114 cm³/mol. The summed E-state index contributed by atoms with van der Waals surface area (Å²) in [4.78, 5) is 41.7. The summed E-state index contributed by atoms with van der Waals surface area (Å²) in [6.45, 7) is 10.8. The first kappa shape index (κ1) is 20.8. The van der Waals surface area contributed by atoms with E-state index in [0.29, 0.717) is 56.7 Å². The molecule has 2 amide bonds.